The minimum Gasteiger partial charge on any atom is -0.306 e. The van der Waals surface area contributed by atoms with E-state index in [1.54, 1.807) is 0 Å². The first-order chi connectivity index (χ1) is 5.54. The number of hydrogen-bond acceptors (Lipinski definition) is 1. The molecule has 1 heteroatoms. The van der Waals surface area contributed by atoms with Crippen LogP contribution in [0.3, 0.4) is 0 Å². The van der Waals surface area contributed by atoms with Gasteiger partial charge in [0.1, 0.15) is 0 Å². The molecule has 1 nitrogen and oxygen atoms in total. The summed E-state index contributed by atoms with van der Waals surface area (Å²) in [6, 6.07) is 0. The zero-order valence-electron chi connectivity index (χ0n) is 8.19. The molecule has 0 aromatic rings. The summed E-state index contributed by atoms with van der Waals surface area (Å²) in [7, 11) is 0. The molecular formula is C11H19N. The van der Waals surface area contributed by atoms with Crippen molar-refractivity contribution >= 4 is 0 Å². The topological polar surface area (TPSA) is 12.0 Å². The standard InChI is InChI=1S/C11H19N/c1-5-7-11(8-6-2)9-10(3,4)12-11/h5-6,12H,1-2,7-9H2,3-4H3. The van der Waals surface area contributed by atoms with E-state index in [0.717, 1.165) is 12.8 Å². The zero-order chi connectivity index (χ0) is 9.24. The van der Waals surface area contributed by atoms with Gasteiger partial charge in [0.05, 0.1) is 0 Å². The van der Waals surface area contributed by atoms with Crippen molar-refractivity contribution in [2.24, 2.45) is 0 Å². The Bertz CT molecular complexity index is 171. The summed E-state index contributed by atoms with van der Waals surface area (Å²) in [5.74, 6) is 0. The molecule has 1 saturated heterocycles. The third-order valence-corrected chi connectivity index (χ3v) is 2.45. The van der Waals surface area contributed by atoms with Crippen LogP contribution < -0.4 is 5.32 Å². The SMILES string of the molecule is C=CCC1(CC=C)CC(C)(C)N1. The van der Waals surface area contributed by atoms with Crippen molar-refractivity contribution in [1.29, 1.82) is 0 Å². The molecule has 0 atom stereocenters. The summed E-state index contributed by atoms with van der Waals surface area (Å²) in [5, 5.41) is 3.59. The van der Waals surface area contributed by atoms with Gasteiger partial charge in [0.15, 0.2) is 0 Å². The minimum atomic E-state index is 0.271. The second-order valence-corrected chi connectivity index (χ2v) is 4.45. The summed E-state index contributed by atoms with van der Waals surface area (Å²) >= 11 is 0. The average Bonchev–Trinajstić information content (AvgIpc) is 1.83. The van der Waals surface area contributed by atoms with E-state index >= 15 is 0 Å². The van der Waals surface area contributed by atoms with Gasteiger partial charge in [-0.2, -0.15) is 0 Å². The smallest absolute Gasteiger partial charge is 0.0272 e. The van der Waals surface area contributed by atoms with Crippen molar-refractivity contribution in [3.63, 3.8) is 0 Å². The molecule has 0 unspecified atom stereocenters. The summed E-state index contributed by atoms with van der Waals surface area (Å²) in [4.78, 5) is 0. The highest BCUT2D eigenvalue weighted by Gasteiger charge is 2.46. The van der Waals surface area contributed by atoms with Gasteiger partial charge in [-0.25, -0.2) is 0 Å². The van der Waals surface area contributed by atoms with Crippen LogP contribution >= 0.6 is 0 Å². The molecule has 1 heterocycles. The average molecular weight is 165 g/mol. The summed E-state index contributed by atoms with van der Waals surface area (Å²) in [5.41, 5.74) is 0.582. The molecule has 0 saturated carbocycles. The first-order valence-electron chi connectivity index (χ1n) is 4.55. The van der Waals surface area contributed by atoms with E-state index in [2.05, 4.69) is 32.3 Å². The van der Waals surface area contributed by atoms with Crippen molar-refractivity contribution in [2.45, 2.75) is 44.2 Å². The van der Waals surface area contributed by atoms with Crippen molar-refractivity contribution in [3.05, 3.63) is 25.3 Å². The fourth-order valence-corrected chi connectivity index (χ4v) is 2.43. The van der Waals surface area contributed by atoms with Crippen molar-refractivity contribution < 1.29 is 0 Å². The van der Waals surface area contributed by atoms with Crippen LogP contribution in [0.2, 0.25) is 0 Å². The molecule has 1 rings (SSSR count). The van der Waals surface area contributed by atoms with Crippen LogP contribution in [-0.4, -0.2) is 11.1 Å². The quantitative estimate of drug-likeness (QED) is 0.631. The Morgan fingerprint density at radius 2 is 1.67 bits per heavy atom. The fourth-order valence-electron chi connectivity index (χ4n) is 2.43. The third kappa shape index (κ3) is 1.78. The molecule has 1 N–H and O–H groups in total. The van der Waals surface area contributed by atoms with Gasteiger partial charge in [0.2, 0.25) is 0 Å². The van der Waals surface area contributed by atoms with Crippen molar-refractivity contribution in [3.8, 4) is 0 Å². The van der Waals surface area contributed by atoms with Crippen LogP contribution in [-0.2, 0) is 0 Å². The lowest BCUT2D eigenvalue weighted by Crippen LogP contribution is -2.68. The Labute approximate surface area is 75.6 Å². The monoisotopic (exact) mass is 165 g/mol. The van der Waals surface area contributed by atoms with Crippen LogP contribution in [0.5, 0.6) is 0 Å². The summed E-state index contributed by atoms with van der Waals surface area (Å²) < 4.78 is 0. The fraction of sp³-hybridized carbons (Fsp3) is 0.636. The maximum atomic E-state index is 3.78. The van der Waals surface area contributed by atoms with E-state index < -0.39 is 0 Å². The van der Waals surface area contributed by atoms with Gasteiger partial charge in [-0.3, -0.25) is 0 Å². The van der Waals surface area contributed by atoms with E-state index in [-0.39, 0.29) is 5.54 Å². The highest BCUT2D eigenvalue weighted by Crippen LogP contribution is 2.38. The Hall–Kier alpha value is -0.560. The lowest BCUT2D eigenvalue weighted by molar-refractivity contribution is 0.0743. The Balaban J connectivity index is 2.54. The summed E-state index contributed by atoms with van der Waals surface area (Å²) in [6.45, 7) is 12.0. The van der Waals surface area contributed by atoms with Gasteiger partial charge in [0.25, 0.3) is 0 Å². The second kappa shape index (κ2) is 3.06. The molecule has 68 valence electrons. The molecule has 0 spiro atoms. The molecule has 0 aromatic carbocycles. The Morgan fingerprint density at radius 3 is 1.92 bits per heavy atom. The highest BCUT2D eigenvalue weighted by molar-refractivity contribution is 5.12. The van der Waals surface area contributed by atoms with Crippen molar-refractivity contribution in [2.75, 3.05) is 0 Å². The van der Waals surface area contributed by atoms with Crippen LogP contribution in [0.15, 0.2) is 25.3 Å². The normalized spacial score (nSPS) is 24.2. The predicted molar refractivity (Wildman–Crippen MR) is 54.2 cm³/mol. The Kier molecular flexibility index (Phi) is 2.43. The lowest BCUT2D eigenvalue weighted by Gasteiger charge is -2.54. The van der Waals surface area contributed by atoms with E-state index in [0.29, 0.717) is 5.54 Å². The molecule has 0 aromatic heterocycles. The first kappa shape index (κ1) is 9.53. The second-order valence-electron chi connectivity index (χ2n) is 4.45. The molecule has 0 aliphatic carbocycles. The van der Waals surface area contributed by atoms with Crippen LogP contribution in [0.4, 0.5) is 0 Å². The predicted octanol–water partition coefficient (Wildman–Crippen LogP) is 2.65. The highest BCUT2D eigenvalue weighted by atomic mass is 15.1. The maximum Gasteiger partial charge on any atom is 0.0272 e. The maximum absolute atomic E-state index is 3.78. The molecule has 0 amide bonds. The minimum absolute atomic E-state index is 0.271. The molecular weight excluding hydrogens is 146 g/mol. The summed E-state index contributed by atoms with van der Waals surface area (Å²) in [6.07, 6.45) is 7.29. The van der Waals surface area contributed by atoms with E-state index in [9.17, 15) is 0 Å². The van der Waals surface area contributed by atoms with Gasteiger partial charge >= 0.3 is 0 Å². The van der Waals surface area contributed by atoms with Gasteiger partial charge < -0.3 is 5.32 Å². The largest absolute Gasteiger partial charge is 0.306 e. The molecule has 0 radical (unpaired) electrons. The van der Waals surface area contributed by atoms with E-state index in [1.807, 2.05) is 12.2 Å². The van der Waals surface area contributed by atoms with Crippen LogP contribution in [0.25, 0.3) is 0 Å². The molecule has 0 bridgehead atoms. The van der Waals surface area contributed by atoms with Gasteiger partial charge in [0, 0.05) is 11.1 Å². The molecule has 1 aliphatic heterocycles. The van der Waals surface area contributed by atoms with Crippen LogP contribution in [0, 0.1) is 0 Å². The van der Waals surface area contributed by atoms with Gasteiger partial charge in [-0.15, -0.1) is 13.2 Å². The third-order valence-electron chi connectivity index (χ3n) is 2.45. The van der Waals surface area contributed by atoms with Crippen molar-refractivity contribution in [1.82, 2.24) is 5.32 Å². The molecule has 1 fully saturated rings. The van der Waals surface area contributed by atoms with Gasteiger partial charge in [-0.05, 0) is 33.1 Å². The first-order valence-corrected chi connectivity index (χ1v) is 4.55. The van der Waals surface area contributed by atoms with E-state index in [1.165, 1.54) is 6.42 Å². The number of nitrogens with one attached hydrogen (secondary N) is 1. The van der Waals surface area contributed by atoms with Gasteiger partial charge in [-0.1, -0.05) is 12.2 Å². The Morgan fingerprint density at radius 1 is 1.25 bits per heavy atom. The number of rotatable bonds is 4. The van der Waals surface area contributed by atoms with Crippen LogP contribution in [0.1, 0.15) is 33.1 Å². The van der Waals surface area contributed by atoms with E-state index in [4.69, 9.17) is 0 Å². The zero-order valence-corrected chi connectivity index (χ0v) is 8.19. The molecule has 1 aliphatic rings. The molecule has 12 heavy (non-hydrogen) atoms. The lowest BCUT2D eigenvalue weighted by atomic mass is 9.70. The number of hydrogen-bond donors (Lipinski definition) is 1.